The first kappa shape index (κ1) is 17.9. The van der Waals surface area contributed by atoms with E-state index in [1.54, 1.807) is 48.5 Å². The van der Waals surface area contributed by atoms with Gasteiger partial charge in [-0.05, 0) is 37.5 Å². The summed E-state index contributed by atoms with van der Waals surface area (Å²) < 4.78 is 1.23. The number of hydrogen-bond acceptors (Lipinski definition) is 4. The molecule has 28 heavy (non-hydrogen) atoms. The van der Waals surface area contributed by atoms with Crippen molar-refractivity contribution in [3.8, 4) is 5.69 Å². The third-order valence-corrected chi connectivity index (χ3v) is 5.10. The number of benzene rings is 2. The molecule has 2 heterocycles. The SMILES string of the molecule is NC(=O)[C@H]1CCCCN1C(=O)c1nn(-c2ccccc2)c(=O)c2ccccc12. The molecule has 7 heteroatoms. The van der Waals surface area contributed by atoms with Gasteiger partial charge in [-0.1, -0.05) is 36.4 Å². The van der Waals surface area contributed by atoms with Gasteiger partial charge in [0.2, 0.25) is 5.91 Å². The molecule has 1 aliphatic heterocycles. The Hall–Kier alpha value is -3.48. The zero-order chi connectivity index (χ0) is 19.7. The monoisotopic (exact) mass is 376 g/mol. The van der Waals surface area contributed by atoms with Gasteiger partial charge in [-0.15, -0.1) is 0 Å². The van der Waals surface area contributed by atoms with Crippen molar-refractivity contribution in [1.29, 1.82) is 0 Å². The van der Waals surface area contributed by atoms with Crippen LogP contribution in [-0.4, -0.2) is 39.1 Å². The second-order valence-corrected chi connectivity index (χ2v) is 6.86. The quantitative estimate of drug-likeness (QED) is 0.754. The van der Waals surface area contributed by atoms with Gasteiger partial charge in [-0.25, -0.2) is 0 Å². The summed E-state index contributed by atoms with van der Waals surface area (Å²) in [6.07, 6.45) is 2.18. The van der Waals surface area contributed by atoms with Crippen LogP contribution in [0, 0.1) is 0 Å². The highest BCUT2D eigenvalue weighted by atomic mass is 16.2. The van der Waals surface area contributed by atoms with Crippen molar-refractivity contribution in [1.82, 2.24) is 14.7 Å². The van der Waals surface area contributed by atoms with Crippen molar-refractivity contribution < 1.29 is 9.59 Å². The summed E-state index contributed by atoms with van der Waals surface area (Å²) in [6, 6.07) is 15.2. The van der Waals surface area contributed by atoms with Crippen LogP contribution in [0.3, 0.4) is 0 Å². The van der Waals surface area contributed by atoms with Crippen LogP contribution in [0.1, 0.15) is 29.8 Å². The largest absolute Gasteiger partial charge is 0.368 e. The molecular formula is C21H20N4O3. The summed E-state index contributed by atoms with van der Waals surface area (Å²) in [6.45, 7) is 0.437. The summed E-state index contributed by atoms with van der Waals surface area (Å²) in [5, 5.41) is 5.27. The fourth-order valence-corrected chi connectivity index (χ4v) is 3.70. The minimum absolute atomic E-state index is 0.146. The number of hydrogen-bond donors (Lipinski definition) is 1. The Morgan fingerprint density at radius 2 is 1.64 bits per heavy atom. The van der Waals surface area contributed by atoms with E-state index in [0.29, 0.717) is 29.4 Å². The van der Waals surface area contributed by atoms with Gasteiger partial charge in [0.25, 0.3) is 11.5 Å². The number of carbonyl (C=O) groups is 2. The molecule has 0 radical (unpaired) electrons. The number of primary amides is 1. The fourth-order valence-electron chi connectivity index (χ4n) is 3.70. The van der Waals surface area contributed by atoms with Crippen LogP contribution in [-0.2, 0) is 4.79 Å². The predicted octanol–water partition coefficient (Wildman–Crippen LogP) is 1.87. The van der Waals surface area contributed by atoms with Crippen LogP contribution in [0.2, 0.25) is 0 Å². The molecule has 3 aromatic rings. The van der Waals surface area contributed by atoms with Gasteiger partial charge in [-0.3, -0.25) is 14.4 Å². The zero-order valence-electron chi connectivity index (χ0n) is 15.2. The molecule has 2 amide bonds. The lowest BCUT2D eigenvalue weighted by molar-refractivity contribution is -0.123. The van der Waals surface area contributed by atoms with Gasteiger partial charge in [-0.2, -0.15) is 9.78 Å². The van der Waals surface area contributed by atoms with E-state index in [0.717, 1.165) is 12.8 Å². The zero-order valence-corrected chi connectivity index (χ0v) is 15.2. The Balaban J connectivity index is 1.91. The van der Waals surface area contributed by atoms with E-state index in [1.807, 2.05) is 6.07 Å². The highest BCUT2D eigenvalue weighted by Gasteiger charge is 2.33. The Labute approximate surface area is 161 Å². The van der Waals surface area contributed by atoms with E-state index in [-0.39, 0.29) is 17.2 Å². The van der Waals surface area contributed by atoms with E-state index in [2.05, 4.69) is 5.10 Å². The van der Waals surface area contributed by atoms with E-state index >= 15 is 0 Å². The maximum Gasteiger partial charge on any atom is 0.279 e. The number of fused-ring (bicyclic) bond motifs is 1. The van der Waals surface area contributed by atoms with E-state index in [1.165, 1.54) is 9.58 Å². The highest BCUT2D eigenvalue weighted by molar-refractivity contribution is 6.06. The number of para-hydroxylation sites is 1. The summed E-state index contributed by atoms with van der Waals surface area (Å²) in [5.41, 5.74) is 5.93. The fraction of sp³-hybridized carbons (Fsp3) is 0.238. The number of carbonyl (C=O) groups excluding carboxylic acids is 2. The van der Waals surface area contributed by atoms with Crippen LogP contribution < -0.4 is 11.3 Å². The van der Waals surface area contributed by atoms with Crippen molar-refractivity contribution in [3.05, 3.63) is 70.6 Å². The maximum atomic E-state index is 13.4. The van der Waals surface area contributed by atoms with Crippen molar-refractivity contribution in [2.24, 2.45) is 5.73 Å². The number of nitrogens with zero attached hydrogens (tertiary/aromatic N) is 3. The molecule has 7 nitrogen and oxygen atoms in total. The van der Waals surface area contributed by atoms with Crippen molar-refractivity contribution in [2.45, 2.75) is 25.3 Å². The molecule has 4 rings (SSSR count). The molecule has 0 saturated carbocycles. The topological polar surface area (TPSA) is 98.3 Å². The number of piperidine rings is 1. The molecule has 2 N–H and O–H groups in total. The second-order valence-electron chi connectivity index (χ2n) is 6.86. The number of likely N-dealkylation sites (tertiary alicyclic amines) is 1. The van der Waals surface area contributed by atoms with Gasteiger partial charge in [0.05, 0.1) is 11.1 Å². The minimum Gasteiger partial charge on any atom is -0.368 e. The van der Waals surface area contributed by atoms with Crippen molar-refractivity contribution in [2.75, 3.05) is 6.54 Å². The van der Waals surface area contributed by atoms with E-state index < -0.39 is 11.9 Å². The van der Waals surface area contributed by atoms with Crippen LogP contribution in [0.5, 0.6) is 0 Å². The van der Waals surface area contributed by atoms with E-state index in [9.17, 15) is 14.4 Å². The molecule has 2 aromatic carbocycles. The van der Waals surface area contributed by atoms with Crippen molar-refractivity contribution >= 4 is 22.6 Å². The van der Waals surface area contributed by atoms with Gasteiger partial charge in [0.15, 0.2) is 5.69 Å². The van der Waals surface area contributed by atoms with Crippen LogP contribution in [0.4, 0.5) is 0 Å². The molecular weight excluding hydrogens is 356 g/mol. The average molecular weight is 376 g/mol. The van der Waals surface area contributed by atoms with Crippen molar-refractivity contribution in [3.63, 3.8) is 0 Å². The maximum absolute atomic E-state index is 13.4. The Morgan fingerprint density at radius 1 is 0.964 bits per heavy atom. The molecule has 1 saturated heterocycles. The first-order valence-corrected chi connectivity index (χ1v) is 9.25. The number of rotatable bonds is 3. The Morgan fingerprint density at radius 3 is 2.36 bits per heavy atom. The average Bonchev–Trinajstić information content (AvgIpc) is 2.74. The number of amides is 2. The van der Waals surface area contributed by atoms with Gasteiger partial charge < -0.3 is 10.6 Å². The lowest BCUT2D eigenvalue weighted by Crippen LogP contribution is -2.51. The Kier molecular flexibility index (Phi) is 4.65. The van der Waals surface area contributed by atoms with Crippen LogP contribution >= 0.6 is 0 Å². The number of nitrogens with two attached hydrogens (primary N) is 1. The van der Waals surface area contributed by atoms with E-state index in [4.69, 9.17) is 5.73 Å². The molecule has 0 spiro atoms. The third kappa shape index (κ3) is 3.05. The summed E-state index contributed by atoms with van der Waals surface area (Å²) in [4.78, 5) is 39.7. The molecule has 1 aromatic heterocycles. The molecule has 1 atom stereocenters. The number of aromatic nitrogens is 2. The lowest BCUT2D eigenvalue weighted by Gasteiger charge is -2.33. The molecule has 142 valence electrons. The van der Waals surface area contributed by atoms with Gasteiger partial charge in [0, 0.05) is 11.9 Å². The Bertz CT molecular complexity index is 1110. The minimum atomic E-state index is -0.654. The summed E-state index contributed by atoms with van der Waals surface area (Å²) in [7, 11) is 0. The standard InChI is InChI=1S/C21H20N4O3/c22-19(26)17-12-6-7-13-24(17)21(28)18-15-10-4-5-11-16(15)20(27)25(23-18)14-8-2-1-3-9-14/h1-5,8-11,17H,6-7,12-13H2,(H2,22,26)/t17-/m1/s1. The van der Waals surface area contributed by atoms with Gasteiger partial charge >= 0.3 is 0 Å². The first-order chi connectivity index (χ1) is 13.6. The summed E-state index contributed by atoms with van der Waals surface area (Å²) in [5.74, 6) is -0.905. The van der Waals surface area contributed by atoms with Crippen LogP contribution in [0.25, 0.3) is 16.5 Å². The second kappa shape index (κ2) is 7.26. The predicted molar refractivity (Wildman–Crippen MR) is 105 cm³/mol. The molecule has 0 aliphatic carbocycles. The highest BCUT2D eigenvalue weighted by Crippen LogP contribution is 2.22. The normalized spacial score (nSPS) is 16.9. The molecule has 0 bridgehead atoms. The third-order valence-electron chi connectivity index (χ3n) is 5.10. The lowest BCUT2D eigenvalue weighted by atomic mass is 10.0. The molecule has 1 aliphatic rings. The van der Waals surface area contributed by atoms with Crippen LogP contribution in [0.15, 0.2) is 59.4 Å². The first-order valence-electron chi connectivity index (χ1n) is 9.25. The molecule has 1 fully saturated rings. The molecule has 0 unspecified atom stereocenters. The van der Waals surface area contributed by atoms with Gasteiger partial charge in [0.1, 0.15) is 6.04 Å². The smallest absolute Gasteiger partial charge is 0.279 e. The summed E-state index contributed by atoms with van der Waals surface area (Å²) >= 11 is 0.